The van der Waals surface area contributed by atoms with Gasteiger partial charge in [-0.2, -0.15) is 0 Å². The Kier molecular flexibility index (Phi) is 3.50. The zero-order valence-electron chi connectivity index (χ0n) is 11.3. The van der Waals surface area contributed by atoms with Crippen LogP contribution in [0.25, 0.3) is 0 Å². The van der Waals surface area contributed by atoms with Crippen molar-refractivity contribution in [2.75, 3.05) is 20.3 Å². The largest absolute Gasteiger partial charge is 0.490 e. The Bertz CT molecular complexity index is 518. The van der Waals surface area contributed by atoms with Crippen molar-refractivity contribution in [3.8, 4) is 11.5 Å². The molecule has 0 bridgehead atoms. The van der Waals surface area contributed by atoms with Crippen molar-refractivity contribution in [1.82, 2.24) is 5.32 Å². The molecule has 0 amide bonds. The first-order valence-corrected chi connectivity index (χ1v) is 7.93. The van der Waals surface area contributed by atoms with E-state index in [-0.39, 0.29) is 11.3 Å². The quantitative estimate of drug-likeness (QED) is 0.855. The maximum atomic E-state index is 12.4. The van der Waals surface area contributed by atoms with Crippen LogP contribution in [-0.2, 0) is 10.8 Å². The molecule has 2 heterocycles. The van der Waals surface area contributed by atoms with Gasteiger partial charge in [-0.3, -0.25) is 4.21 Å². The molecule has 3 atom stereocenters. The first-order chi connectivity index (χ1) is 9.20. The van der Waals surface area contributed by atoms with Gasteiger partial charge in [-0.25, -0.2) is 0 Å². The van der Waals surface area contributed by atoms with Gasteiger partial charge in [0.05, 0.1) is 24.0 Å². The molecule has 5 heteroatoms. The Hall–Kier alpha value is -1.07. The predicted molar refractivity (Wildman–Crippen MR) is 74.3 cm³/mol. The zero-order chi connectivity index (χ0) is 13.4. The van der Waals surface area contributed by atoms with Crippen molar-refractivity contribution < 1.29 is 13.7 Å². The van der Waals surface area contributed by atoms with Crippen LogP contribution in [0.2, 0.25) is 0 Å². The first-order valence-electron chi connectivity index (χ1n) is 6.72. The van der Waals surface area contributed by atoms with Gasteiger partial charge in [0.2, 0.25) is 0 Å². The molecule has 1 aromatic rings. The van der Waals surface area contributed by atoms with Crippen molar-refractivity contribution in [1.29, 1.82) is 0 Å². The monoisotopic (exact) mass is 281 g/mol. The van der Waals surface area contributed by atoms with E-state index in [0.29, 0.717) is 13.2 Å². The fraction of sp³-hybridized carbons (Fsp3) is 0.571. The number of rotatable bonds is 1. The van der Waals surface area contributed by atoms with E-state index < -0.39 is 10.8 Å². The summed E-state index contributed by atoms with van der Waals surface area (Å²) in [5.74, 6) is 1.51. The molecule has 1 aromatic carbocycles. The minimum absolute atomic E-state index is 0.162. The Labute approximate surface area is 115 Å². The van der Waals surface area contributed by atoms with Crippen molar-refractivity contribution in [3.05, 3.63) is 17.7 Å². The number of hydrogen-bond acceptors (Lipinski definition) is 4. The number of fused-ring (bicyclic) bond motifs is 2. The van der Waals surface area contributed by atoms with E-state index in [1.165, 1.54) is 0 Å². The van der Waals surface area contributed by atoms with Crippen LogP contribution in [0.5, 0.6) is 11.5 Å². The summed E-state index contributed by atoms with van der Waals surface area (Å²) in [7, 11) is 0.981. The fourth-order valence-electron chi connectivity index (χ4n) is 2.69. The molecule has 1 N–H and O–H groups in total. The molecule has 0 radical (unpaired) electrons. The van der Waals surface area contributed by atoms with Crippen LogP contribution in [0.3, 0.4) is 0 Å². The van der Waals surface area contributed by atoms with Crippen LogP contribution in [0.1, 0.15) is 31.4 Å². The summed E-state index contributed by atoms with van der Waals surface area (Å²) in [6.07, 6.45) is 1.77. The highest BCUT2D eigenvalue weighted by Gasteiger charge is 2.31. The molecule has 0 fully saturated rings. The van der Waals surface area contributed by atoms with Crippen molar-refractivity contribution >= 4 is 10.8 Å². The lowest BCUT2D eigenvalue weighted by Gasteiger charge is -2.29. The second-order valence-corrected chi connectivity index (χ2v) is 6.91. The molecular weight excluding hydrogens is 262 g/mol. The normalized spacial score (nSPS) is 29.5. The summed E-state index contributed by atoms with van der Waals surface area (Å²) in [6, 6.07) is 4.15. The van der Waals surface area contributed by atoms with E-state index in [4.69, 9.17) is 9.47 Å². The number of benzene rings is 1. The van der Waals surface area contributed by atoms with Crippen LogP contribution in [0, 0.1) is 0 Å². The highest BCUT2D eigenvalue weighted by atomic mass is 32.2. The van der Waals surface area contributed by atoms with Crippen LogP contribution in [-0.4, -0.2) is 29.7 Å². The molecule has 0 aromatic heterocycles. The Morgan fingerprint density at radius 1 is 1.26 bits per heavy atom. The minimum atomic E-state index is -0.961. The second-order valence-electron chi connectivity index (χ2n) is 5.07. The van der Waals surface area contributed by atoms with Gasteiger partial charge >= 0.3 is 0 Å². The molecule has 0 aliphatic carbocycles. The fourth-order valence-corrected chi connectivity index (χ4v) is 4.15. The topological polar surface area (TPSA) is 47.6 Å². The summed E-state index contributed by atoms with van der Waals surface area (Å²) < 4.78 is 23.8. The molecule has 2 aliphatic rings. The molecule has 3 unspecified atom stereocenters. The number of nitrogens with one attached hydrogen (secondary N) is 1. The third kappa shape index (κ3) is 2.25. The van der Waals surface area contributed by atoms with Crippen molar-refractivity contribution in [3.63, 3.8) is 0 Å². The highest BCUT2D eigenvalue weighted by molar-refractivity contribution is 7.85. The molecular formula is C14H19NO3S. The minimum Gasteiger partial charge on any atom is -0.490 e. The van der Waals surface area contributed by atoms with Gasteiger partial charge in [0, 0.05) is 28.7 Å². The third-order valence-corrected chi connectivity index (χ3v) is 5.46. The standard InChI is InChI=1S/C14H19NO3S/c1-9-6-11(15-2)10-7-12-13(8-14(10)19(9)16)18-5-3-4-17-12/h7-9,11,15H,3-6H2,1-2H3. The zero-order valence-corrected chi connectivity index (χ0v) is 12.1. The van der Waals surface area contributed by atoms with Gasteiger partial charge in [0.15, 0.2) is 11.5 Å². The van der Waals surface area contributed by atoms with Gasteiger partial charge in [-0.1, -0.05) is 6.92 Å². The van der Waals surface area contributed by atoms with E-state index in [1.54, 1.807) is 0 Å². The van der Waals surface area contributed by atoms with Crippen LogP contribution < -0.4 is 14.8 Å². The second kappa shape index (κ2) is 5.13. The summed E-state index contributed by atoms with van der Waals surface area (Å²) in [6.45, 7) is 3.37. The summed E-state index contributed by atoms with van der Waals surface area (Å²) in [4.78, 5) is 0.891. The van der Waals surface area contributed by atoms with Gasteiger partial charge < -0.3 is 14.8 Å². The van der Waals surface area contributed by atoms with Gasteiger partial charge in [0.1, 0.15) is 0 Å². The lowest BCUT2D eigenvalue weighted by Crippen LogP contribution is -2.29. The van der Waals surface area contributed by atoms with E-state index in [9.17, 15) is 4.21 Å². The highest BCUT2D eigenvalue weighted by Crippen LogP contribution is 2.41. The maximum Gasteiger partial charge on any atom is 0.162 e. The first kappa shape index (κ1) is 12.9. The van der Waals surface area contributed by atoms with Crippen LogP contribution >= 0.6 is 0 Å². The summed E-state index contributed by atoms with van der Waals surface area (Å²) in [5.41, 5.74) is 1.09. The van der Waals surface area contributed by atoms with Crippen LogP contribution in [0.4, 0.5) is 0 Å². The number of ether oxygens (including phenoxy) is 2. The average molecular weight is 281 g/mol. The van der Waals surface area contributed by atoms with E-state index in [1.807, 2.05) is 26.1 Å². The smallest absolute Gasteiger partial charge is 0.162 e. The molecule has 3 rings (SSSR count). The Morgan fingerprint density at radius 2 is 1.95 bits per heavy atom. The summed E-state index contributed by atoms with van der Waals surface area (Å²) >= 11 is 0. The molecule has 0 spiro atoms. The van der Waals surface area contributed by atoms with E-state index in [2.05, 4.69) is 5.32 Å². The van der Waals surface area contributed by atoms with Crippen LogP contribution in [0.15, 0.2) is 17.0 Å². The van der Waals surface area contributed by atoms with E-state index >= 15 is 0 Å². The Balaban J connectivity index is 2.10. The molecule has 0 saturated carbocycles. The lowest BCUT2D eigenvalue weighted by atomic mass is 10.0. The molecule has 2 aliphatic heterocycles. The molecule has 0 saturated heterocycles. The van der Waals surface area contributed by atoms with Gasteiger partial charge in [0.25, 0.3) is 0 Å². The predicted octanol–water partition coefficient (Wildman–Crippen LogP) is 2.01. The Morgan fingerprint density at radius 3 is 2.63 bits per heavy atom. The molecule has 104 valence electrons. The molecule has 4 nitrogen and oxygen atoms in total. The third-order valence-electron chi connectivity index (χ3n) is 3.75. The van der Waals surface area contributed by atoms with Gasteiger partial charge in [-0.15, -0.1) is 0 Å². The number of hydrogen-bond donors (Lipinski definition) is 1. The lowest BCUT2D eigenvalue weighted by molar-refractivity contribution is 0.296. The van der Waals surface area contributed by atoms with Crippen molar-refractivity contribution in [2.24, 2.45) is 0 Å². The SMILES string of the molecule is CNC1CC(C)S(=O)c2cc3c(cc21)OCCCO3. The van der Waals surface area contributed by atoms with E-state index in [0.717, 1.165) is 34.8 Å². The average Bonchev–Trinajstić information content (AvgIpc) is 2.65. The molecule has 19 heavy (non-hydrogen) atoms. The summed E-state index contributed by atoms with van der Waals surface area (Å²) in [5, 5.41) is 3.46. The van der Waals surface area contributed by atoms with Gasteiger partial charge in [-0.05, 0) is 25.1 Å². The van der Waals surface area contributed by atoms with Crippen molar-refractivity contribution in [2.45, 2.75) is 36.0 Å². The maximum absolute atomic E-state index is 12.4.